The summed E-state index contributed by atoms with van der Waals surface area (Å²) in [5.74, 6) is -0.000830. The fourth-order valence-electron chi connectivity index (χ4n) is 3.31. The molecule has 5 heteroatoms. The van der Waals surface area contributed by atoms with Crippen molar-refractivity contribution in [3.05, 3.63) is 0 Å². The molecular formula is C15H25NO4. The monoisotopic (exact) mass is 283 g/mol. The highest BCUT2D eigenvalue weighted by molar-refractivity contribution is 5.74. The standard InChI is InChI=1S/C15H25NO4/c1-5-19-12(17)10-6-15(7-10)8-11(9-15)16-13(18)20-14(2,3)4/h10-11H,5-9H2,1-4H3,(H,16,18). The van der Waals surface area contributed by atoms with Crippen LogP contribution in [0, 0.1) is 11.3 Å². The van der Waals surface area contributed by atoms with Gasteiger partial charge in [0.25, 0.3) is 0 Å². The molecule has 2 saturated carbocycles. The number of nitrogens with one attached hydrogen (secondary N) is 1. The molecule has 114 valence electrons. The van der Waals surface area contributed by atoms with Crippen molar-refractivity contribution in [1.29, 1.82) is 0 Å². The van der Waals surface area contributed by atoms with Crippen molar-refractivity contribution in [3.63, 3.8) is 0 Å². The molecule has 5 nitrogen and oxygen atoms in total. The lowest BCUT2D eigenvalue weighted by molar-refractivity contribution is -0.162. The minimum atomic E-state index is -0.461. The van der Waals surface area contributed by atoms with E-state index >= 15 is 0 Å². The second kappa shape index (κ2) is 5.26. The Kier molecular flexibility index (Phi) is 3.98. The Morgan fingerprint density at radius 3 is 2.30 bits per heavy atom. The van der Waals surface area contributed by atoms with Gasteiger partial charge >= 0.3 is 12.1 Å². The molecular weight excluding hydrogens is 258 g/mol. The molecule has 0 radical (unpaired) electrons. The molecule has 0 unspecified atom stereocenters. The minimum Gasteiger partial charge on any atom is -0.466 e. The van der Waals surface area contributed by atoms with Crippen LogP contribution in [-0.4, -0.2) is 30.3 Å². The average molecular weight is 283 g/mol. The third kappa shape index (κ3) is 3.44. The molecule has 1 spiro atoms. The van der Waals surface area contributed by atoms with E-state index in [0.29, 0.717) is 6.61 Å². The molecule has 0 heterocycles. The van der Waals surface area contributed by atoms with Crippen LogP contribution in [0.5, 0.6) is 0 Å². The zero-order valence-corrected chi connectivity index (χ0v) is 12.8. The first kappa shape index (κ1) is 15.1. The van der Waals surface area contributed by atoms with Crippen molar-refractivity contribution < 1.29 is 19.1 Å². The largest absolute Gasteiger partial charge is 0.466 e. The van der Waals surface area contributed by atoms with Crippen LogP contribution in [0.3, 0.4) is 0 Å². The third-order valence-electron chi connectivity index (χ3n) is 4.06. The van der Waals surface area contributed by atoms with Crippen LogP contribution in [0.2, 0.25) is 0 Å². The molecule has 0 bridgehead atoms. The number of ether oxygens (including phenoxy) is 2. The van der Waals surface area contributed by atoms with Crippen LogP contribution in [-0.2, 0) is 14.3 Å². The lowest BCUT2D eigenvalue weighted by atomic mass is 9.50. The predicted molar refractivity (Wildman–Crippen MR) is 74.2 cm³/mol. The van der Waals surface area contributed by atoms with Crippen molar-refractivity contribution in [2.75, 3.05) is 6.61 Å². The highest BCUT2D eigenvalue weighted by Crippen LogP contribution is 2.58. The van der Waals surface area contributed by atoms with Crippen LogP contribution in [0.15, 0.2) is 0 Å². The predicted octanol–water partition coefficient (Wildman–Crippen LogP) is 2.63. The molecule has 2 fully saturated rings. The zero-order valence-electron chi connectivity index (χ0n) is 12.8. The van der Waals surface area contributed by atoms with E-state index in [9.17, 15) is 9.59 Å². The van der Waals surface area contributed by atoms with Gasteiger partial charge < -0.3 is 14.8 Å². The summed E-state index contributed by atoms with van der Waals surface area (Å²) >= 11 is 0. The Morgan fingerprint density at radius 1 is 1.20 bits per heavy atom. The summed E-state index contributed by atoms with van der Waals surface area (Å²) < 4.78 is 10.3. The van der Waals surface area contributed by atoms with Gasteiger partial charge in [0.2, 0.25) is 0 Å². The van der Waals surface area contributed by atoms with E-state index in [2.05, 4.69) is 5.32 Å². The molecule has 0 aliphatic heterocycles. The average Bonchev–Trinajstić information content (AvgIpc) is 2.16. The van der Waals surface area contributed by atoms with Gasteiger partial charge in [-0.3, -0.25) is 4.79 Å². The van der Waals surface area contributed by atoms with Gasteiger partial charge in [-0.2, -0.15) is 0 Å². The molecule has 0 aromatic carbocycles. The van der Waals surface area contributed by atoms with Gasteiger partial charge in [0.15, 0.2) is 0 Å². The van der Waals surface area contributed by atoms with Gasteiger partial charge in [0, 0.05) is 6.04 Å². The Morgan fingerprint density at radius 2 is 1.80 bits per heavy atom. The van der Waals surface area contributed by atoms with Crippen LogP contribution in [0.25, 0.3) is 0 Å². The van der Waals surface area contributed by atoms with Crippen molar-refractivity contribution in [2.24, 2.45) is 11.3 Å². The second-order valence-electron chi connectivity index (χ2n) is 7.11. The summed E-state index contributed by atoms with van der Waals surface area (Å²) in [6, 6.07) is 0.188. The Hall–Kier alpha value is -1.26. The van der Waals surface area contributed by atoms with E-state index in [-0.39, 0.29) is 29.4 Å². The first-order chi connectivity index (χ1) is 9.23. The molecule has 0 saturated heterocycles. The molecule has 2 aliphatic rings. The van der Waals surface area contributed by atoms with E-state index in [1.165, 1.54) is 0 Å². The van der Waals surface area contributed by atoms with E-state index in [1.54, 1.807) is 0 Å². The van der Waals surface area contributed by atoms with Gasteiger partial charge in [0.1, 0.15) is 5.60 Å². The number of alkyl carbamates (subject to hydrolysis) is 1. The maximum absolute atomic E-state index is 11.6. The van der Waals surface area contributed by atoms with Crippen molar-refractivity contribution in [1.82, 2.24) is 5.32 Å². The van der Waals surface area contributed by atoms with Crippen LogP contribution >= 0.6 is 0 Å². The summed E-state index contributed by atoms with van der Waals surface area (Å²) in [5.41, 5.74) is -0.200. The number of amides is 1. The normalized spacial score (nSPS) is 32.0. The van der Waals surface area contributed by atoms with Crippen molar-refractivity contribution in [3.8, 4) is 0 Å². The molecule has 2 aliphatic carbocycles. The van der Waals surface area contributed by atoms with Gasteiger partial charge in [-0.1, -0.05) is 0 Å². The first-order valence-electron chi connectivity index (χ1n) is 7.39. The molecule has 20 heavy (non-hydrogen) atoms. The third-order valence-corrected chi connectivity index (χ3v) is 4.06. The Labute approximate surface area is 120 Å². The first-order valence-corrected chi connectivity index (χ1v) is 7.39. The summed E-state index contributed by atoms with van der Waals surface area (Å²) in [5, 5.41) is 2.89. The van der Waals surface area contributed by atoms with Crippen LogP contribution in [0.4, 0.5) is 4.79 Å². The highest BCUT2D eigenvalue weighted by atomic mass is 16.6. The maximum atomic E-state index is 11.6. The van der Waals surface area contributed by atoms with Gasteiger partial charge in [-0.15, -0.1) is 0 Å². The minimum absolute atomic E-state index is 0.0671. The van der Waals surface area contributed by atoms with Crippen molar-refractivity contribution in [2.45, 2.75) is 65.0 Å². The van der Waals surface area contributed by atoms with E-state index in [0.717, 1.165) is 25.7 Å². The zero-order chi connectivity index (χ0) is 15.0. The Balaban J connectivity index is 1.66. The van der Waals surface area contributed by atoms with E-state index in [1.807, 2.05) is 27.7 Å². The Bertz CT molecular complexity index is 385. The van der Waals surface area contributed by atoms with Crippen LogP contribution < -0.4 is 5.32 Å². The number of rotatable bonds is 3. The molecule has 0 aromatic rings. The lowest BCUT2D eigenvalue weighted by Gasteiger charge is -2.56. The molecule has 0 atom stereocenters. The SMILES string of the molecule is CCOC(=O)C1CC2(CC(NC(=O)OC(C)(C)C)C2)C1. The van der Waals surface area contributed by atoms with E-state index in [4.69, 9.17) is 9.47 Å². The van der Waals surface area contributed by atoms with Crippen LogP contribution in [0.1, 0.15) is 53.4 Å². The second-order valence-corrected chi connectivity index (χ2v) is 7.11. The summed E-state index contributed by atoms with van der Waals surface area (Å²) in [6.45, 7) is 7.84. The smallest absolute Gasteiger partial charge is 0.407 e. The lowest BCUT2D eigenvalue weighted by Crippen LogP contribution is -2.57. The van der Waals surface area contributed by atoms with E-state index < -0.39 is 5.60 Å². The molecule has 1 N–H and O–H groups in total. The summed E-state index contributed by atoms with van der Waals surface area (Å²) in [7, 11) is 0. The number of carbonyl (C=O) groups is 2. The molecule has 2 rings (SSSR count). The fraction of sp³-hybridized carbons (Fsp3) is 0.867. The van der Waals surface area contributed by atoms with Crippen molar-refractivity contribution >= 4 is 12.1 Å². The number of hydrogen-bond acceptors (Lipinski definition) is 4. The molecule has 1 amide bonds. The highest BCUT2D eigenvalue weighted by Gasteiger charge is 2.55. The number of hydrogen-bond donors (Lipinski definition) is 1. The quantitative estimate of drug-likeness (QED) is 0.809. The maximum Gasteiger partial charge on any atom is 0.407 e. The number of carbonyl (C=O) groups excluding carboxylic acids is 2. The molecule has 0 aromatic heterocycles. The topological polar surface area (TPSA) is 64.6 Å². The van der Waals surface area contributed by atoms with Gasteiger partial charge in [-0.05, 0) is 58.8 Å². The summed E-state index contributed by atoms with van der Waals surface area (Å²) in [4.78, 5) is 23.2. The fourth-order valence-corrected chi connectivity index (χ4v) is 3.31. The van der Waals surface area contributed by atoms with Gasteiger partial charge in [0.05, 0.1) is 12.5 Å². The number of esters is 1. The summed E-state index contributed by atoms with van der Waals surface area (Å²) in [6.07, 6.45) is 3.35. The van der Waals surface area contributed by atoms with Gasteiger partial charge in [-0.25, -0.2) is 4.79 Å².